The highest BCUT2D eigenvalue weighted by Gasteiger charge is 2.65. The van der Waals surface area contributed by atoms with Crippen molar-refractivity contribution in [2.45, 2.75) is 4.90 Å². The zero-order valence-electron chi connectivity index (χ0n) is 7.28. The summed E-state index contributed by atoms with van der Waals surface area (Å²) < 4.78 is 61.2. The molecular weight excluding hydrogens is 307 g/mol. The van der Waals surface area contributed by atoms with Crippen molar-refractivity contribution in [3.8, 4) is 0 Å². The molecule has 0 unspecified atom stereocenters. The molecule has 0 aliphatic heterocycles. The standard InChI is InChI=1S/C6H6BrF5N2S/c1-13-6-5(7)2-4(3-14-6)15(8,9,10,11)12/h2-3H,1H3,(H,13,14). The molecule has 0 aromatic carbocycles. The zero-order valence-corrected chi connectivity index (χ0v) is 9.68. The van der Waals surface area contributed by atoms with Gasteiger partial charge in [0.25, 0.3) is 0 Å². The van der Waals surface area contributed by atoms with Gasteiger partial charge in [0.15, 0.2) is 0 Å². The summed E-state index contributed by atoms with van der Waals surface area (Å²) in [5, 5.41) is 2.44. The molecule has 1 heterocycles. The largest absolute Gasteiger partial charge is 0.372 e. The van der Waals surface area contributed by atoms with Gasteiger partial charge < -0.3 is 5.32 Å². The Morgan fingerprint density at radius 2 is 1.80 bits per heavy atom. The van der Waals surface area contributed by atoms with Crippen LogP contribution in [0.25, 0.3) is 0 Å². The summed E-state index contributed by atoms with van der Waals surface area (Å²) in [5.74, 6) is 0.0561. The summed E-state index contributed by atoms with van der Waals surface area (Å²) in [6.45, 7) is 0. The molecule has 1 aromatic rings. The highest BCUT2D eigenvalue weighted by molar-refractivity contribution is 9.10. The van der Waals surface area contributed by atoms with Crippen molar-refractivity contribution in [2.24, 2.45) is 0 Å². The van der Waals surface area contributed by atoms with Crippen LogP contribution in [-0.4, -0.2) is 12.0 Å². The minimum Gasteiger partial charge on any atom is -0.372 e. The van der Waals surface area contributed by atoms with E-state index < -0.39 is 15.1 Å². The molecule has 0 bridgehead atoms. The van der Waals surface area contributed by atoms with Gasteiger partial charge in [-0.05, 0) is 22.0 Å². The molecule has 1 N–H and O–H groups in total. The Morgan fingerprint density at radius 3 is 2.13 bits per heavy atom. The molecule has 0 spiro atoms. The molecule has 0 aliphatic rings. The lowest BCUT2D eigenvalue weighted by molar-refractivity contribution is 0.363. The van der Waals surface area contributed by atoms with E-state index >= 15 is 0 Å². The van der Waals surface area contributed by atoms with E-state index in [0.717, 1.165) is 0 Å². The average Bonchev–Trinajstić information content (AvgIpc) is 2.00. The Bertz CT molecular complexity index is 403. The molecule has 9 heteroatoms. The van der Waals surface area contributed by atoms with Crippen LogP contribution in [0, 0.1) is 0 Å². The quantitative estimate of drug-likeness (QED) is 0.811. The minimum atomic E-state index is -9.62. The average molecular weight is 313 g/mol. The molecule has 1 aromatic heterocycles. The van der Waals surface area contributed by atoms with Crippen molar-refractivity contribution < 1.29 is 19.4 Å². The second-order valence-corrected chi connectivity index (χ2v) is 5.98. The fraction of sp³-hybridized carbons (Fsp3) is 0.167. The number of hydrogen-bond acceptors (Lipinski definition) is 2. The van der Waals surface area contributed by atoms with Gasteiger partial charge in [-0.1, -0.05) is 19.4 Å². The number of anilines is 1. The van der Waals surface area contributed by atoms with Crippen molar-refractivity contribution in [1.29, 1.82) is 0 Å². The Balaban J connectivity index is 3.39. The molecule has 2 nitrogen and oxygen atoms in total. The van der Waals surface area contributed by atoms with E-state index in [0.29, 0.717) is 6.07 Å². The van der Waals surface area contributed by atoms with Gasteiger partial charge >= 0.3 is 10.2 Å². The molecule has 0 saturated heterocycles. The number of aromatic nitrogens is 1. The smallest absolute Gasteiger partial charge is 0.311 e. The lowest BCUT2D eigenvalue weighted by Gasteiger charge is -2.40. The second kappa shape index (κ2) is 2.76. The first-order valence-corrected chi connectivity index (χ1v) is 6.26. The summed E-state index contributed by atoms with van der Waals surface area (Å²) in [6, 6.07) is 0.306. The monoisotopic (exact) mass is 312 g/mol. The lowest BCUT2D eigenvalue weighted by Crippen LogP contribution is -2.07. The normalized spacial score (nSPS) is 16.7. The van der Waals surface area contributed by atoms with Gasteiger partial charge in [0.2, 0.25) is 0 Å². The molecule has 0 atom stereocenters. The van der Waals surface area contributed by atoms with Gasteiger partial charge in [0, 0.05) is 7.05 Å². The van der Waals surface area contributed by atoms with Crippen LogP contribution in [0.1, 0.15) is 0 Å². The van der Waals surface area contributed by atoms with Crippen LogP contribution in [0.5, 0.6) is 0 Å². The van der Waals surface area contributed by atoms with Crippen molar-refractivity contribution in [1.82, 2.24) is 4.98 Å². The van der Waals surface area contributed by atoms with Crippen LogP contribution in [0.2, 0.25) is 0 Å². The molecular formula is C6H6BrF5N2S. The molecule has 0 fully saturated rings. The van der Waals surface area contributed by atoms with Gasteiger partial charge in [0.05, 0.1) is 10.7 Å². The maximum absolute atomic E-state index is 12.3. The predicted octanol–water partition coefficient (Wildman–Crippen LogP) is 4.54. The van der Waals surface area contributed by atoms with Crippen LogP contribution in [0.3, 0.4) is 0 Å². The maximum Gasteiger partial charge on any atom is 0.311 e. The topological polar surface area (TPSA) is 24.9 Å². The van der Waals surface area contributed by atoms with Crippen molar-refractivity contribution in [3.63, 3.8) is 0 Å². The molecule has 0 amide bonds. The van der Waals surface area contributed by atoms with E-state index in [1.54, 1.807) is 0 Å². The minimum absolute atomic E-state index is 0.0561. The molecule has 1 rings (SSSR count). The third-order valence-corrected chi connectivity index (χ3v) is 3.22. The number of nitrogens with zero attached hydrogens (tertiary/aromatic N) is 1. The number of hydrogen-bond donors (Lipinski definition) is 1. The van der Waals surface area contributed by atoms with Gasteiger partial charge in [-0.25, -0.2) is 4.98 Å². The third-order valence-electron chi connectivity index (χ3n) is 1.50. The SMILES string of the molecule is CNc1ncc(S(F)(F)(F)(F)F)cc1Br. The lowest BCUT2D eigenvalue weighted by atomic mass is 10.5. The van der Waals surface area contributed by atoms with E-state index in [9.17, 15) is 19.4 Å². The molecule has 0 aliphatic carbocycles. The first-order chi connectivity index (χ1) is 6.44. The third kappa shape index (κ3) is 2.94. The van der Waals surface area contributed by atoms with Gasteiger partial charge in [-0.15, -0.1) is 0 Å². The number of halogens is 6. The summed E-state index contributed by atoms with van der Waals surface area (Å²) >= 11 is 2.71. The number of rotatable bonds is 2. The van der Waals surface area contributed by atoms with E-state index in [4.69, 9.17) is 0 Å². The fourth-order valence-corrected chi connectivity index (χ4v) is 2.11. The van der Waals surface area contributed by atoms with Crippen LogP contribution < -0.4 is 5.32 Å². The molecule has 0 saturated carbocycles. The number of nitrogens with one attached hydrogen (secondary N) is 1. The highest BCUT2D eigenvalue weighted by Crippen LogP contribution is 3.02. The Kier molecular flexibility index (Phi) is 2.30. The van der Waals surface area contributed by atoms with Gasteiger partial charge in [-0.2, -0.15) is 0 Å². The summed E-state index contributed by atoms with van der Waals surface area (Å²) in [6.07, 6.45) is 0.109. The fourth-order valence-electron chi connectivity index (χ4n) is 0.815. The van der Waals surface area contributed by atoms with Crippen LogP contribution in [0.4, 0.5) is 25.2 Å². The van der Waals surface area contributed by atoms with Crippen molar-refractivity contribution in [2.75, 3.05) is 12.4 Å². The van der Waals surface area contributed by atoms with Crippen LogP contribution in [0.15, 0.2) is 21.6 Å². The first-order valence-electron chi connectivity index (χ1n) is 3.51. The maximum atomic E-state index is 12.3. The van der Waals surface area contributed by atoms with Crippen molar-refractivity contribution >= 4 is 32.0 Å². The van der Waals surface area contributed by atoms with E-state index in [-0.39, 0.29) is 16.5 Å². The van der Waals surface area contributed by atoms with Gasteiger partial charge in [-0.3, -0.25) is 0 Å². The first kappa shape index (κ1) is 12.5. The summed E-state index contributed by atoms with van der Waals surface area (Å²) in [7, 11) is -8.21. The summed E-state index contributed by atoms with van der Waals surface area (Å²) in [4.78, 5) is 1.21. The van der Waals surface area contributed by atoms with Crippen LogP contribution in [-0.2, 0) is 0 Å². The van der Waals surface area contributed by atoms with E-state index in [1.807, 2.05) is 0 Å². The predicted molar refractivity (Wildman–Crippen MR) is 52.9 cm³/mol. The molecule has 0 radical (unpaired) electrons. The Hall–Kier alpha value is -0.570. The molecule has 88 valence electrons. The van der Waals surface area contributed by atoms with Gasteiger partial charge in [0.1, 0.15) is 10.7 Å². The van der Waals surface area contributed by atoms with E-state index in [2.05, 4.69) is 26.2 Å². The Labute approximate surface area is 90.7 Å². The van der Waals surface area contributed by atoms with Crippen LogP contribution >= 0.6 is 26.2 Å². The van der Waals surface area contributed by atoms with E-state index in [1.165, 1.54) is 7.05 Å². The van der Waals surface area contributed by atoms with Crippen molar-refractivity contribution in [3.05, 3.63) is 16.7 Å². The summed E-state index contributed by atoms with van der Waals surface area (Å²) in [5.41, 5.74) is 0. The second-order valence-electron chi connectivity index (χ2n) is 2.72. The number of pyridine rings is 1. The Morgan fingerprint density at radius 1 is 1.27 bits per heavy atom. The highest BCUT2D eigenvalue weighted by atomic mass is 79.9. The molecule has 15 heavy (non-hydrogen) atoms. The zero-order chi connectivity index (χ0) is 12.0.